The molecule has 2 aliphatic rings. The van der Waals surface area contributed by atoms with Gasteiger partial charge in [0.05, 0.1) is 41.3 Å². The first-order valence-corrected chi connectivity index (χ1v) is 10.5. The molecule has 0 N–H and O–H groups in total. The number of nitrogens with zero attached hydrogens (tertiary/aromatic N) is 7. The van der Waals surface area contributed by atoms with Crippen LogP contribution < -0.4 is 4.90 Å². The largest absolute Gasteiger partial charge is 0.352 e. The van der Waals surface area contributed by atoms with Crippen LogP contribution in [0.15, 0.2) is 55.0 Å². The summed E-state index contributed by atoms with van der Waals surface area (Å²) in [5.74, 6) is 1.31. The Morgan fingerprint density at radius 3 is 2.77 bits per heavy atom. The van der Waals surface area contributed by atoms with E-state index < -0.39 is 0 Å². The van der Waals surface area contributed by atoms with Crippen LogP contribution >= 0.6 is 0 Å². The van der Waals surface area contributed by atoms with Gasteiger partial charge in [-0.1, -0.05) is 12.1 Å². The molecule has 2 aliphatic heterocycles. The van der Waals surface area contributed by atoms with Crippen molar-refractivity contribution in [2.75, 3.05) is 18.0 Å². The van der Waals surface area contributed by atoms with Gasteiger partial charge in [-0.2, -0.15) is 20.3 Å². The van der Waals surface area contributed by atoms with Gasteiger partial charge in [-0.25, -0.2) is 4.98 Å². The van der Waals surface area contributed by atoms with Crippen LogP contribution in [-0.2, 0) is 0 Å². The summed E-state index contributed by atoms with van der Waals surface area (Å²) >= 11 is 0. The zero-order chi connectivity index (χ0) is 21.4. The average molecular weight is 413 g/mol. The van der Waals surface area contributed by atoms with Crippen LogP contribution in [0.1, 0.15) is 35.7 Å². The third-order valence-corrected chi connectivity index (χ3v) is 6.44. The molecule has 2 aromatic heterocycles. The number of amides is 1. The lowest BCUT2D eigenvalue weighted by atomic mass is 9.87. The van der Waals surface area contributed by atoms with Crippen LogP contribution in [0, 0.1) is 17.2 Å². The number of hydrogen-bond donors (Lipinski definition) is 0. The Kier molecular flexibility index (Phi) is 4.86. The van der Waals surface area contributed by atoms with Crippen molar-refractivity contribution in [2.24, 2.45) is 5.92 Å². The molecule has 1 aromatic carbocycles. The van der Waals surface area contributed by atoms with Gasteiger partial charge in [-0.3, -0.25) is 4.79 Å². The highest BCUT2D eigenvalue weighted by molar-refractivity contribution is 5.98. The van der Waals surface area contributed by atoms with Crippen molar-refractivity contribution in [3.63, 3.8) is 0 Å². The van der Waals surface area contributed by atoms with E-state index >= 15 is 0 Å². The van der Waals surface area contributed by atoms with Gasteiger partial charge in [0.1, 0.15) is 5.82 Å². The molecular weight excluding hydrogens is 390 g/mol. The van der Waals surface area contributed by atoms with Gasteiger partial charge in [0, 0.05) is 25.3 Å². The maximum Gasteiger partial charge on any atom is 0.256 e. The zero-order valence-electron chi connectivity index (χ0n) is 17.3. The van der Waals surface area contributed by atoms with Crippen molar-refractivity contribution in [3.05, 3.63) is 66.1 Å². The zero-order valence-corrected chi connectivity index (χ0v) is 17.3. The lowest BCUT2D eigenvalue weighted by Gasteiger charge is -2.43. The number of fused-ring (bicyclic) bond motifs is 1. The first kappa shape index (κ1) is 19.2. The number of piperidine rings is 1. The monoisotopic (exact) mass is 413 g/mol. The number of carbonyl (C=O) groups excluding carboxylic acids is 1. The fraction of sp³-hybridized carbons (Fsp3) is 0.348. The predicted molar refractivity (Wildman–Crippen MR) is 115 cm³/mol. The Balaban J connectivity index is 1.44. The summed E-state index contributed by atoms with van der Waals surface area (Å²) in [4.78, 5) is 23.9. The van der Waals surface area contributed by atoms with E-state index in [-0.39, 0.29) is 18.0 Å². The molecule has 0 bridgehead atoms. The maximum absolute atomic E-state index is 13.6. The number of aromatic nitrogens is 4. The van der Waals surface area contributed by atoms with Gasteiger partial charge >= 0.3 is 0 Å². The lowest BCUT2D eigenvalue weighted by Crippen LogP contribution is -2.54. The third-order valence-electron chi connectivity index (χ3n) is 6.44. The van der Waals surface area contributed by atoms with E-state index in [0.717, 1.165) is 25.2 Å². The second kappa shape index (κ2) is 7.84. The smallest absolute Gasteiger partial charge is 0.256 e. The van der Waals surface area contributed by atoms with Crippen molar-refractivity contribution in [2.45, 2.75) is 31.8 Å². The van der Waals surface area contributed by atoms with Crippen molar-refractivity contribution >= 4 is 11.7 Å². The lowest BCUT2D eigenvalue weighted by molar-refractivity contribution is 0.0560. The van der Waals surface area contributed by atoms with E-state index in [1.165, 1.54) is 4.80 Å². The summed E-state index contributed by atoms with van der Waals surface area (Å²) in [7, 11) is 0. The van der Waals surface area contributed by atoms with Crippen molar-refractivity contribution in [3.8, 4) is 11.8 Å². The Morgan fingerprint density at radius 2 is 1.97 bits per heavy atom. The topological polar surface area (TPSA) is 90.9 Å². The van der Waals surface area contributed by atoms with Crippen LogP contribution in [0.3, 0.4) is 0 Å². The normalized spacial score (nSPS) is 22.8. The summed E-state index contributed by atoms with van der Waals surface area (Å²) in [5.41, 5.74) is 1.88. The molecule has 0 aliphatic carbocycles. The third kappa shape index (κ3) is 3.42. The van der Waals surface area contributed by atoms with Crippen molar-refractivity contribution in [1.29, 1.82) is 5.26 Å². The van der Waals surface area contributed by atoms with Crippen LogP contribution in [0.25, 0.3) is 5.69 Å². The summed E-state index contributed by atoms with van der Waals surface area (Å²) in [5, 5.41) is 17.7. The van der Waals surface area contributed by atoms with Gasteiger partial charge in [0.15, 0.2) is 0 Å². The quantitative estimate of drug-likeness (QED) is 0.656. The molecule has 0 radical (unpaired) electrons. The highest BCUT2D eigenvalue weighted by Crippen LogP contribution is 2.37. The fourth-order valence-corrected chi connectivity index (χ4v) is 4.92. The van der Waals surface area contributed by atoms with Crippen LogP contribution in [-0.4, -0.2) is 56.0 Å². The van der Waals surface area contributed by atoms with E-state index in [2.05, 4.69) is 33.1 Å². The molecule has 2 saturated heterocycles. The van der Waals surface area contributed by atoms with Gasteiger partial charge in [0.25, 0.3) is 5.91 Å². The summed E-state index contributed by atoms with van der Waals surface area (Å²) in [6.07, 6.45) is 6.92. The molecule has 0 saturated carbocycles. The number of para-hydroxylation sites is 1. The maximum atomic E-state index is 13.6. The minimum atomic E-state index is -0.00978. The van der Waals surface area contributed by atoms with Crippen LogP contribution in [0.4, 0.5) is 5.82 Å². The number of carbonyl (C=O) groups is 1. The molecule has 5 rings (SSSR count). The standard InChI is InChI=1S/C23H23N7O/c1-16-12-18-7-11-28(22-13-17(14-24)6-8-25-22)21(18)15-29(16)23(31)19-4-2-3-5-20(19)30-26-9-10-27-30/h2-6,8-10,13,16,18,21H,7,11-12,15H2,1H3. The van der Waals surface area contributed by atoms with E-state index in [4.69, 9.17) is 0 Å². The number of likely N-dealkylation sites (tertiary alicyclic amines) is 1. The number of anilines is 1. The SMILES string of the molecule is CC1CC2CCN(c3cc(C#N)ccn3)C2CN1C(=O)c1ccccc1-n1nccn1. The van der Waals surface area contributed by atoms with Crippen molar-refractivity contribution < 1.29 is 4.79 Å². The molecule has 8 nitrogen and oxygen atoms in total. The minimum absolute atomic E-state index is 0.00978. The Hall–Kier alpha value is -3.73. The van der Waals surface area contributed by atoms with Gasteiger partial charge in [-0.15, -0.1) is 0 Å². The number of pyridine rings is 1. The number of nitriles is 1. The molecule has 8 heteroatoms. The summed E-state index contributed by atoms with van der Waals surface area (Å²) in [6, 6.07) is 13.5. The van der Waals surface area contributed by atoms with Crippen molar-refractivity contribution in [1.82, 2.24) is 24.9 Å². The highest BCUT2D eigenvalue weighted by Gasteiger charge is 2.43. The summed E-state index contributed by atoms with van der Waals surface area (Å²) < 4.78 is 0. The highest BCUT2D eigenvalue weighted by atomic mass is 16.2. The minimum Gasteiger partial charge on any atom is -0.352 e. The second-order valence-electron chi connectivity index (χ2n) is 8.20. The van der Waals surface area contributed by atoms with Crippen LogP contribution in [0.5, 0.6) is 0 Å². The molecule has 3 aromatic rings. The van der Waals surface area contributed by atoms with Gasteiger partial charge in [0.2, 0.25) is 0 Å². The number of rotatable bonds is 3. The Bertz CT molecular complexity index is 1140. The second-order valence-corrected chi connectivity index (χ2v) is 8.20. The fourth-order valence-electron chi connectivity index (χ4n) is 4.92. The number of hydrogen-bond acceptors (Lipinski definition) is 6. The first-order valence-electron chi connectivity index (χ1n) is 10.5. The van der Waals surface area contributed by atoms with Gasteiger partial charge in [-0.05, 0) is 49.9 Å². The molecule has 3 unspecified atom stereocenters. The van der Waals surface area contributed by atoms with E-state index in [9.17, 15) is 10.1 Å². The Labute approximate surface area is 180 Å². The first-order chi connectivity index (χ1) is 15.2. The molecule has 0 spiro atoms. The van der Waals surface area contributed by atoms with E-state index in [1.54, 1.807) is 24.7 Å². The molecule has 2 fully saturated rings. The predicted octanol–water partition coefficient (Wildman–Crippen LogP) is 2.66. The molecule has 31 heavy (non-hydrogen) atoms. The van der Waals surface area contributed by atoms with Crippen LogP contribution in [0.2, 0.25) is 0 Å². The van der Waals surface area contributed by atoms with E-state index in [0.29, 0.717) is 29.3 Å². The summed E-state index contributed by atoms with van der Waals surface area (Å²) in [6.45, 7) is 3.64. The Morgan fingerprint density at radius 1 is 1.16 bits per heavy atom. The average Bonchev–Trinajstić information content (AvgIpc) is 3.48. The molecule has 3 atom stereocenters. The molecule has 1 amide bonds. The molecular formula is C23H23N7O. The van der Waals surface area contributed by atoms with E-state index in [1.807, 2.05) is 35.2 Å². The van der Waals surface area contributed by atoms with Gasteiger partial charge < -0.3 is 9.80 Å². The number of benzene rings is 1. The molecule has 156 valence electrons. The molecule has 4 heterocycles.